The maximum absolute atomic E-state index is 12.4. The molecule has 5 heteroatoms. The van der Waals surface area contributed by atoms with E-state index >= 15 is 0 Å². The maximum Gasteiger partial charge on any atom is 0.263 e. The number of anilines is 1. The van der Waals surface area contributed by atoms with Gasteiger partial charge in [-0.2, -0.15) is 0 Å². The quantitative estimate of drug-likeness (QED) is 0.872. The number of aromatic nitrogens is 2. The minimum absolute atomic E-state index is 0.0000236. The summed E-state index contributed by atoms with van der Waals surface area (Å²) in [5.74, 6) is 1.32. The maximum atomic E-state index is 12.4. The summed E-state index contributed by atoms with van der Waals surface area (Å²) in [6, 6.07) is 6.01. The number of halogens is 2. The van der Waals surface area contributed by atoms with Crippen molar-refractivity contribution in [2.45, 2.75) is 13.3 Å². The molecule has 90 valence electrons. The van der Waals surface area contributed by atoms with E-state index in [1.807, 2.05) is 14.0 Å². The molecule has 0 aliphatic rings. The molecule has 1 aromatic heterocycles. The number of hydrogen-bond acceptors (Lipinski definition) is 2. The topological polar surface area (TPSA) is 43.8 Å². The summed E-state index contributed by atoms with van der Waals surface area (Å²) < 4.78 is 26.6. The Hall–Kier alpha value is -1.91. The molecular formula is C12H13F2N3. The molecule has 2 N–H and O–H groups in total. The zero-order chi connectivity index (χ0) is 12.6. The first-order valence-corrected chi connectivity index (χ1v) is 5.18. The number of nitrogen functional groups attached to an aromatic ring is 1. The number of nitrogens with zero attached hydrogens (tertiary/aromatic N) is 2. The van der Waals surface area contributed by atoms with E-state index < -0.39 is 6.43 Å². The van der Waals surface area contributed by atoms with Crippen LogP contribution in [0.1, 0.15) is 17.8 Å². The molecule has 0 bridgehead atoms. The third-order valence-corrected chi connectivity index (χ3v) is 2.80. The van der Waals surface area contributed by atoms with Gasteiger partial charge in [-0.3, -0.25) is 0 Å². The highest BCUT2D eigenvalue weighted by Gasteiger charge is 2.12. The first kappa shape index (κ1) is 11.6. The van der Waals surface area contributed by atoms with Crippen LogP contribution in [0.3, 0.4) is 0 Å². The molecule has 0 aliphatic carbocycles. The Kier molecular flexibility index (Phi) is 2.83. The number of benzene rings is 1. The summed E-state index contributed by atoms with van der Waals surface area (Å²) in [7, 11) is 1.81. The normalized spacial score (nSPS) is 11.1. The van der Waals surface area contributed by atoms with Crippen molar-refractivity contribution in [1.29, 1.82) is 0 Å². The summed E-state index contributed by atoms with van der Waals surface area (Å²) in [6.45, 7) is 1.84. The van der Waals surface area contributed by atoms with Gasteiger partial charge in [0, 0.05) is 18.2 Å². The third kappa shape index (κ3) is 2.00. The van der Waals surface area contributed by atoms with Crippen LogP contribution in [0.5, 0.6) is 0 Å². The van der Waals surface area contributed by atoms with E-state index in [4.69, 9.17) is 5.73 Å². The first-order valence-electron chi connectivity index (χ1n) is 5.18. The van der Waals surface area contributed by atoms with Crippen molar-refractivity contribution >= 4 is 5.82 Å². The molecule has 0 saturated carbocycles. The van der Waals surface area contributed by atoms with Crippen LogP contribution >= 0.6 is 0 Å². The third-order valence-electron chi connectivity index (χ3n) is 2.80. The molecule has 0 aliphatic heterocycles. The molecule has 1 heterocycles. The molecule has 0 saturated heterocycles. The number of rotatable bonds is 2. The van der Waals surface area contributed by atoms with Gasteiger partial charge >= 0.3 is 0 Å². The molecule has 0 amide bonds. The number of imidazole rings is 1. The largest absolute Gasteiger partial charge is 0.383 e. The lowest BCUT2D eigenvalue weighted by Crippen LogP contribution is -1.98. The van der Waals surface area contributed by atoms with Crippen molar-refractivity contribution in [2.24, 2.45) is 7.05 Å². The lowest BCUT2D eigenvalue weighted by molar-refractivity contribution is 0.151. The Bertz CT molecular complexity index is 529. The van der Waals surface area contributed by atoms with Gasteiger partial charge in [-0.15, -0.1) is 0 Å². The van der Waals surface area contributed by atoms with Crippen LogP contribution in [-0.2, 0) is 7.05 Å². The number of hydrogen-bond donors (Lipinski definition) is 1. The number of alkyl halides is 2. The van der Waals surface area contributed by atoms with Gasteiger partial charge in [0.1, 0.15) is 17.3 Å². The van der Waals surface area contributed by atoms with E-state index in [0.717, 1.165) is 11.4 Å². The fourth-order valence-corrected chi connectivity index (χ4v) is 1.63. The van der Waals surface area contributed by atoms with Crippen molar-refractivity contribution in [3.63, 3.8) is 0 Å². The zero-order valence-electron chi connectivity index (χ0n) is 9.61. The predicted octanol–water partition coefficient (Wildman–Crippen LogP) is 2.92. The molecule has 0 spiro atoms. The van der Waals surface area contributed by atoms with Crippen LogP contribution < -0.4 is 5.73 Å². The highest BCUT2D eigenvalue weighted by molar-refractivity contribution is 5.71. The van der Waals surface area contributed by atoms with Crippen molar-refractivity contribution in [3.05, 3.63) is 35.7 Å². The SMILES string of the molecule is Cc1nc(-c2ccc(C(F)F)cc2)c(N)n1C. The van der Waals surface area contributed by atoms with Gasteiger partial charge in [-0.05, 0) is 6.92 Å². The summed E-state index contributed by atoms with van der Waals surface area (Å²) in [4.78, 5) is 4.30. The second-order valence-corrected chi connectivity index (χ2v) is 3.87. The van der Waals surface area contributed by atoms with Gasteiger partial charge in [-0.1, -0.05) is 24.3 Å². The van der Waals surface area contributed by atoms with E-state index in [1.165, 1.54) is 12.1 Å². The number of aryl methyl sites for hydroxylation is 1. The van der Waals surface area contributed by atoms with Crippen LogP contribution in [0.2, 0.25) is 0 Å². The monoisotopic (exact) mass is 237 g/mol. The second kappa shape index (κ2) is 4.16. The fraction of sp³-hybridized carbons (Fsp3) is 0.250. The summed E-state index contributed by atoms with van der Waals surface area (Å²) in [5, 5.41) is 0. The molecule has 2 aromatic rings. The Labute approximate surface area is 97.9 Å². The average Bonchev–Trinajstić information content (AvgIpc) is 2.57. The molecule has 0 unspecified atom stereocenters. The molecular weight excluding hydrogens is 224 g/mol. The van der Waals surface area contributed by atoms with Gasteiger partial charge in [0.05, 0.1) is 0 Å². The van der Waals surface area contributed by atoms with Crippen molar-refractivity contribution < 1.29 is 8.78 Å². The first-order chi connectivity index (χ1) is 8.00. The van der Waals surface area contributed by atoms with Gasteiger partial charge in [0.25, 0.3) is 6.43 Å². The van der Waals surface area contributed by atoms with E-state index in [1.54, 1.807) is 16.7 Å². The number of nitrogens with two attached hydrogens (primary N) is 1. The van der Waals surface area contributed by atoms with E-state index in [2.05, 4.69) is 4.98 Å². The minimum Gasteiger partial charge on any atom is -0.383 e. The molecule has 0 fully saturated rings. The highest BCUT2D eigenvalue weighted by Crippen LogP contribution is 2.27. The lowest BCUT2D eigenvalue weighted by Gasteiger charge is -2.02. The van der Waals surface area contributed by atoms with Gasteiger partial charge in [0.15, 0.2) is 0 Å². The zero-order valence-corrected chi connectivity index (χ0v) is 9.61. The minimum atomic E-state index is -2.45. The van der Waals surface area contributed by atoms with Gasteiger partial charge in [0.2, 0.25) is 0 Å². The van der Waals surface area contributed by atoms with Gasteiger partial charge in [-0.25, -0.2) is 13.8 Å². The molecule has 17 heavy (non-hydrogen) atoms. The van der Waals surface area contributed by atoms with Crippen molar-refractivity contribution in [3.8, 4) is 11.3 Å². The smallest absolute Gasteiger partial charge is 0.263 e. The summed E-state index contributed by atoms with van der Waals surface area (Å²) in [5.41, 5.74) is 7.26. The van der Waals surface area contributed by atoms with Crippen molar-refractivity contribution in [1.82, 2.24) is 9.55 Å². The van der Waals surface area contributed by atoms with Crippen LogP contribution in [0, 0.1) is 6.92 Å². The summed E-state index contributed by atoms with van der Waals surface area (Å²) >= 11 is 0. The summed E-state index contributed by atoms with van der Waals surface area (Å²) in [6.07, 6.45) is -2.45. The lowest BCUT2D eigenvalue weighted by atomic mass is 10.1. The standard InChI is InChI=1S/C12H13F2N3/c1-7-16-10(12(15)17(7)2)8-3-5-9(6-4-8)11(13)14/h3-6,11H,15H2,1-2H3. The Balaban J connectivity index is 2.43. The highest BCUT2D eigenvalue weighted by atomic mass is 19.3. The van der Waals surface area contributed by atoms with Crippen LogP contribution in [0.4, 0.5) is 14.6 Å². The molecule has 0 radical (unpaired) electrons. The molecule has 3 nitrogen and oxygen atoms in total. The molecule has 0 atom stereocenters. The van der Waals surface area contributed by atoms with E-state index in [-0.39, 0.29) is 5.56 Å². The predicted molar refractivity (Wildman–Crippen MR) is 62.8 cm³/mol. The molecule has 2 rings (SSSR count). The van der Waals surface area contributed by atoms with E-state index in [0.29, 0.717) is 11.5 Å². The fourth-order valence-electron chi connectivity index (χ4n) is 1.63. The Morgan fingerprint density at radius 2 is 1.82 bits per heavy atom. The van der Waals surface area contributed by atoms with Gasteiger partial charge < -0.3 is 10.3 Å². The second-order valence-electron chi connectivity index (χ2n) is 3.87. The Morgan fingerprint density at radius 1 is 1.24 bits per heavy atom. The Morgan fingerprint density at radius 3 is 2.24 bits per heavy atom. The van der Waals surface area contributed by atoms with Crippen LogP contribution in [0.25, 0.3) is 11.3 Å². The average molecular weight is 237 g/mol. The van der Waals surface area contributed by atoms with E-state index in [9.17, 15) is 8.78 Å². The van der Waals surface area contributed by atoms with Crippen LogP contribution in [-0.4, -0.2) is 9.55 Å². The molecule has 1 aromatic carbocycles. The van der Waals surface area contributed by atoms with Crippen molar-refractivity contribution in [2.75, 3.05) is 5.73 Å². The van der Waals surface area contributed by atoms with Crippen LogP contribution in [0.15, 0.2) is 24.3 Å².